The van der Waals surface area contributed by atoms with Crippen LogP contribution in [0.2, 0.25) is 0 Å². The van der Waals surface area contributed by atoms with Crippen molar-refractivity contribution in [2.75, 3.05) is 11.9 Å². The SMILES string of the molecule is CC(=O)CCNc1ccc(C(F)(F)F)cc1. The zero-order valence-corrected chi connectivity index (χ0v) is 8.77. The smallest absolute Gasteiger partial charge is 0.385 e. The summed E-state index contributed by atoms with van der Waals surface area (Å²) < 4.78 is 36.6. The first-order valence-electron chi connectivity index (χ1n) is 4.80. The lowest BCUT2D eigenvalue weighted by atomic mass is 10.2. The number of halogens is 3. The van der Waals surface area contributed by atoms with Crippen molar-refractivity contribution >= 4 is 11.5 Å². The number of ketones is 1. The van der Waals surface area contributed by atoms with Gasteiger partial charge in [-0.15, -0.1) is 0 Å². The van der Waals surface area contributed by atoms with Crippen molar-refractivity contribution in [1.82, 2.24) is 0 Å². The van der Waals surface area contributed by atoms with Crippen LogP contribution < -0.4 is 5.32 Å². The summed E-state index contributed by atoms with van der Waals surface area (Å²) in [6.45, 7) is 1.90. The van der Waals surface area contributed by atoms with Crippen LogP contribution in [0.25, 0.3) is 0 Å². The highest BCUT2D eigenvalue weighted by molar-refractivity contribution is 5.76. The maximum atomic E-state index is 12.2. The maximum absolute atomic E-state index is 12.2. The molecule has 0 bridgehead atoms. The van der Waals surface area contributed by atoms with Gasteiger partial charge in [0.2, 0.25) is 0 Å². The van der Waals surface area contributed by atoms with Crippen molar-refractivity contribution < 1.29 is 18.0 Å². The number of alkyl halides is 3. The second kappa shape index (κ2) is 5.01. The van der Waals surface area contributed by atoms with Crippen LogP contribution in [0.4, 0.5) is 18.9 Å². The quantitative estimate of drug-likeness (QED) is 0.862. The minimum Gasteiger partial charge on any atom is -0.385 e. The molecular weight excluding hydrogens is 219 g/mol. The van der Waals surface area contributed by atoms with Crippen molar-refractivity contribution in [1.29, 1.82) is 0 Å². The number of hydrogen-bond donors (Lipinski definition) is 1. The molecule has 0 aromatic heterocycles. The van der Waals surface area contributed by atoms with E-state index in [1.807, 2.05) is 0 Å². The molecule has 16 heavy (non-hydrogen) atoms. The standard InChI is InChI=1S/C11H12F3NO/c1-8(16)6-7-15-10-4-2-9(3-5-10)11(12,13)14/h2-5,15H,6-7H2,1H3. The average molecular weight is 231 g/mol. The van der Waals surface area contributed by atoms with Crippen LogP contribution in [0.1, 0.15) is 18.9 Å². The van der Waals surface area contributed by atoms with Crippen molar-refractivity contribution in [2.24, 2.45) is 0 Å². The van der Waals surface area contributed by atoms with Gasteiger partial charge in [-0.25, -0.2) is 0 Å². The number of Topliss-reactive ketones (excluding diaryl/α,β-unsaturated/α-hetero) is 1. The molecule has 88 valence electrons. The normalized spacial score (nSPS) is 11.2. The molecule has 0 heterocycles. The molecule has 2 nitrogen and oxygen atoms in total. The second-order valence-electron chi connectivity index (χ2n) is 3.45. The Hall–Kier alpha value is -1.52. The molecule has 0 unspecified atom stereocenters. The molecular formula is C11H12F3NO. The van der Waals surface area contributed by atoms with Gasteiger partial charge in [0.25, 0.3) is 0 Å². The molecule has 0 atom stereocenters. The Morgan fingerprint density at radius 1 is 1.25 bits per heavy atom. The van der Waals surface area contributed by atoms with E-state index in [1.165, 1.54) is 19.1 Å². The Morgan fingerprint density at radius 3 is 2.25 bits per heavy atom. The second-order valence-corrected chi connectivity index (χ2v) is 3.45. The van der Waals surface area contributed by atoms with Gasteiger partial charge < -0.3 is 5.32 Å². The Labute approximate surface area is 91.5 Å². The molecule has 0 saturated carbocycles. The Kier molecular flexibility index (Phi) is 3.93. The van der Waals surface area contributed by atoms with E-state index >= 15 is 0 Å². The van der Waals surface area contributed by atoms with Gasteiger partial charge in [-0.1, -0.05) is 0 Å². The summed E-state index contributed by atoms with van der Waals surface area (Å²) in [4.78, 5) is 10.6. The zero-order valence-electron chi connectivity index (χ0n) is 8.77. The first kappa shape index (κ1) is 12.5. The molecule has 0 aliphatic heterocycles. The molecule has 0 amide bonds. The van der Waals surface area contributed by atoms with Crippen molar-refractivity contribution in [3.8, 4) is 0 Å². The predicted octanol–water partition coefficient (Wildman–Crippen LogP) is 3.10. The number of rotatable bonds is 4. The van der Waals surface area contributed by atoms with E-state index in [0.29, 0.717) is 18.7 Å². The van der Waals surface area contributed by atoms with Crippen molar-refractivity contribution in [3.05, 3.63) is 29.8 Å². The predicted molar refractivity (Wildman–Crippen MR) is 55.2 cm³/mol. The minimum absolute atomic E-state index is 0.0411. The topological polar surface area (TPSA) is 29.1 Å². The number of carbonyl (C=O) groups is 1. The summed E-state index contributed by atoms with van der Waals surface area (Å²) in [6.07, 6.45) is -3.95. The van der Waals surface area contributed by atoms with Crippen LogP contribution in [0.3, 0.4) is 0 Å². The van der Waals surface area contributed by atoms with Gasteiger partial charge >= 0.3 is 6.18 Å². The summed E-state index contributed by atoms with van der Waals surface area (Å²) in [6, 6.07) is 4.72. The summed E-state index contributed by atoms with van der Waals surface area (Å²) in [7, 11) is 0. The van der Waals surface area contributed by atoms with E-state index < -0.39 is 11.7 Å². The molecule has 1 aromatic rings. The van der Waals surface area contributed by atoms with Crippen molar-refractivity contribution in [3.63, 3.8) is 0 Å². The van der Waals surface area contributed by atoms with Crippen molar-refractivity contribution in [2.45, 2.75) is 19.5 Å². The molecule has 0 spiro atoms. The first-order valence-corrected chi connectivity index (χ1v) is 4.80. The lowest BCUT2D eigenvalue weighted by Gasteiger charge is -2.08. The van der Waals surface area contributed by atoms with Gasteiger partial charge in [-0.05, 0) is 31.2 Å². The van der Waals surface area contributed by atoms with Crippen LogP contribution in [0.15, 0.2) is 24.3 Å². The highest BCUT2D eigenvalue weighted by Crippen LogP contribution is 2.29. The Balaban J connectivity index is 2.55. The van der Waals surface area contributed by atoms with Gasteiger partial charge in [0, 0.05) is 18.7 Å². The monoisotopic (exact) mass is 231 g/mol. The lowest BCUT2D eigenvalue weighted by Crippen LogP contribution is -2.07. The number of hydrogen-bond acceptors (Lipinski definition) is 2. The fraction of sp³-hybridized carbons (Fsp3) is 0.364. The van der Waals surface area contributed by atoms with Crippen LogP contribution in [-0.4, -0.2) is 12.3 Å². The molecule has 0 aliphatic carbocycles. The van der Waals surface area contributed by atoms with E-state index in [0.717, 1.165) is 12.1 Å². The Bertz CT molecular complexity index is 356. The van der Waals surface area contributed by atoms with E-state index in [9.17, 15) is 18.0 Å². The van der Waals surface area contributed by atoms with Crippen LogP contribution >= 0.6 is 0 Å². The summed E-state index contributed by atoms with van der Waals surface area (Å²) in [5, 5.41) is 2.87. The molecule has 5 heteroatoms. The lowest BCUT2D eigenvalue weighted by molar-refractivity contribution is -0.137. The van der Waals surface area contributed by atoms with Crippen LogP contribution in [0.5, 0.6) is 0 Å². The van der Waals surface area contributed by atoms with E-state index in [-0.39, 0.29) is 5.78 Å². The zero-order chi connectivity index (χ0) is 12.2. The van der Waals surface area contributed by atoms with Gasteiger partial charge in [0.1, 0.15) is 5.78 Å². The summed E-state index contributed by atoms with van der Waals surface area (Å²) in [5.74, 6) is 0.0411. The van der Waals surface area contributed by atoms with E-state index in [2.05, 4.69) is 5.32 Å². The highest BCUT2D eigenvalue weighted by Gasteiger charge is 2.29. The summed E-state index contributed by atoms with van der Waals surface area (Å²) in [5.41, 5.74) is -0.0983. The number of benzene rings is 1. The molecule has 0 fully saturated rings. The maximum Gasteiger partial charge on any atom is 0.416 e. The van der Waals surface area contributed by atoms with Gasteiger partial charge in [-0.3, -0.25) is 4.79 Å². The average Bonchev–Trinajstić information content (AvgIpc) is 2.16. The molecule has 1 aromatic carbocycles. The van der Waals surface area contributed by atoms with E-state index in [4.69, 9.17) is 0 Å². The van der Waals surface area contributed by atoms with Gasteiger partial charge in [0.15, 0.2) is 0 Å². The molecule has 0 radical (unpaired) electrons. The third-order valence-corrected chi connectivity index (χ3v) is 2.02. The summed E-state index contributed by atoms with van der Waals surface area (Å²) >= 11 is 0. The molecule has 0 aliphatic rings. The molecule has 0 saturated heterocycles. The van der Waals surface area contributed by atoms with Gasteiger partial charge in [-0.2, -0.15) is 13.2 Å². The molecule has 1 N–H and O–H groups in total. The fourth-order valence-corrected chi connectivity index (χ4v) is 1.16. The number of anilines is 1. The third kappa shape index (κ3) is 3.92. The third-order valence-electron chi connectivity index (χ3n) is 2.02. The highest BCUT2D eigenvalue weighted by atomic mass is 19.4. The minimum atomic E-state index is -4.31. The number of nitrogens with one attached hydrogen (secondary N) is 1. The van der Waals surface area contributed by atoms with E-state index in [1.54, 1.807) is 0 Å². The Morgan fingerprint density at radius 2 is 1.81 bits per heavy atom. The largest absolute Gasteiger partial charge is 0.416 e. The van der Waals surface area contributed by atoms with Crippen LogP contribution in [-0.2, 0) is 11.0 Å². The first-order chi connectivity index (χ1) is 7.39. The van der Waals surface area contributed by atoms with Gasteiger partial charge in [0.05, 0.1) is 5.56 Å². The van der Waals surface area contributed by atoms with Crippen LogP contribution in [0, 0.1) is 0 Å². The fourth-order valence-electron chi connectivity index (χ4n) is 1.16. The number of carbonyl (C=O) groups excluding carboxylic acids is 1. The molecule has 1 rings (SSSR count).